The number of methoxy groups -OCH3 is 2. The van der Waals surface area contributed by atoms with Crippen LogP contribution in [0.3, 0.4) is 0 Å². The van der Waals surface area contributed by atoms with E-state index in [1.807, 2.05) is 0 Å². The predicted molar refractivity (Wildman–Crippen MR) is 80.5 cm³/mol. The number of halogens is 2. The lowest BCUT2D eigenvalue weighted by atomic mass is 10.2. The summed E-state index contributed by atoms with van der Waals surface area (Å²) in [5, 5.41) is 0. The van der Waals surface area contributed by atoms with Gasteiger partial charge in [0.15, 0.2) is 5.75 Å². The summed E-state index contributed by atoms with van der Waals surface area (Å²) >= 11 is 3.14. The third kappa shape index (κ3) is 5.14. The lowest BCUT2D eigenvalue weighted by molar-refractivity contribution is 0.0468. The number of rotatable bonds is 7. The maximum Gasteiger partial charge on any atom is 0.338 e. The third-order valence-corrected chi connectivity index (χ3v) is 4.35. The van der Waals surface area contributed by atoms with Crippen LogP contribution >= 0.6 is 26.6 Å². The Kier molecular flexibility index (Phi) is 6.92. The van der Waals surface area contributed by atoms with E-state index in [0.717, 1.165) is 6.07 Å². The Hall–Kier alpha value is -0.830. The minimum absolute atomic E-state index is 0.0286. The molecule has 1 rings (SSSR count). The highest BCUT2D eigenvalue weighted by atomic mass is 79.9. The van der Waals surface area contributed by atoms with Gasteiger partial charge in [-0.25, -0.2) is 13.2 Å². The third-order valence-electron chi connectivity index (χ3n) is 2.44. The molecule has 0 aliphatic carbocycles. The molecule has 0 bridgehead atoms. The molecule has 6 nitrogen and oxygen atoms in total. The molecule has 0 amide bonds. The van der Waals surface area contributed by atoms with E-state index in [1.54, 1.807) is 7.11 Å². The molecular formula is C12H14BrClO6S. The number of hydrogen-bond donors (Lipinski definition) is 0. The molecule has 0 heterocycles. The van der Waals surface area contributed by atoms with Gasteiger partial charge in [0.1, 0.15) is 4.90 Å². The standard InChI is InChI=1S/C12H14BrClO6S/c1-18-4-3-5-20-12(15)8-6-9(13)11(19-2)10(7-8)21(14,16)17/h6-7H,3-5H2,1-2H3. The monoisotopic (exact) mass is 400 g/mol. The van der Waals surface area contributed by atoms with Gasteiger partial charge in [-0.15, -0.1) is 0 Å². The van der Waals surface area contributed by atoms with Crippen LogP contribution in [0.1, 0.15) is 16.8 Å². The Balaban J connectivity index is 3.04. The first-order valence-electron chi connectivity index (χ1n) is 5.79. The van der Waals surface area contributed by atoms with Crippen molar-refractivity contribution in [3.05, 3.63) is 22.2 Å². The van der Waals surface area contributed by atoms with Crippen molar-refractivity contribution < 1.29 is 27.4 Å². The molecule has 1 aromatic carbocycles. The van der Waals surface area contributed by atoms with Crippen LogP contribution < -0.4 is 4.74 Å². The van der Waals surface area contributed by atoms with Crippen molar-refractivity contribution in [1.82, 2.24) is 0 Å². The number of carbonyl (C=O) groups is 1. The highest BCUT2D eigenvalue weighted by Crippen LogP contribution is 2.35. The van der Waals surface area contributed by atoms with Crippen molar-refractivity contribution in [3.63, 3.8) is 0 Å². The van der Waals surface area contributed by atoms with E-state index in [9.17, 15) is 13.2 Å². The largest absolute Gasteiger partial charge is 0.494 e. The van der Waals surface area contributed by atoms with Gasteiger partial charge >= 0.3 is 5.97 Å². The molecule has 0 aliphatic heterocycles. The average Bonchev–Trinajstić information content (AvgIpc) is 2.41. The van der Waals surface area contributed by atoms with E-state index < -0.39 is 15.0 Å². The van der Waals surface area contributed by atoms with Crippen LogP contribution in [0.4, 0.5) is 0 Å². The van der Waals surface area contributed by atoms with Gasteiger partial charge in [-0.3, -0.25) is 0 Å². The zero-order valence-corrected chi connectivity index (χ0v) is 14.5. The SMILES string of the molecule is COCCCOC(=O)c1cc(Br)c(OC)c(S(=O)(=O)Cl)c1. The second-order valence-electron chi connectivity index (χ2n) is 3.91. The van der Waals surface area contributed by atoms with E-state index in [4.69, 9.17) is 24.9 Å². The maximum absolute atomic E-state index is 11.9. The number of ether oxygens (including phenoxy) is 3. The molecule has 0 spiro atoms. The first-order chi connectivity index (χ1) is 9.81. The molecule has 0 radical (unpaired) electrons. The van der Waals surface area contributed by atoms with Gasteiger partial charge in [0, 0.05) is 30.8 Å². The van der Waals surface area contributed by atoms with Crippen LogP contribution in [0.5, 0.6) is 5.75 Å². The Labute approximate surface area is 135 Å². The second-order valence-corrected chi connectivity index (χ2v) is 7.30. The van der Waals surface area contributed by atoms with E-state index in [-0.39, 0.29) is 27.3 Å². The number of esters is 1. The normalized spacial score (nSPS) is 11.2. The molecular weight excluding hydrogens is 388 g/mol. The van der Waals surface area contributed by atoms with Crippen molar-refractivity contribution in [2.45, 2.75) is 11.3 Å². The average molecular weight is 402 g/mol. The Morgan fingerprint density at radius 3 is 2.48 bits per heavy atom. The summed E-state index contributed by atoms with van der Waals surface area (Å²) in [6, 6.07) is 2.52. The van der Waals surface area contributed by atoms with Crippen molar-refractivity contribution >= 4 is 41.6 Å². The van der Waals surface area contributed by atoms with Gasteiger partial charge in [0.25, 0.3) is 9.05 Å². The molecule has 1 aromatic rings. The summed E-state index contributed by atoms with van der Waals surface area (Å²) in [5.74, 6) is -0.628. The Morgan fingerprint density at radius 2 is 1.95 bits per heavy atom. The summed E-state index contributed by atoms with van der Waals surface area (Å²) in [5.41, 5.74) is 0.0549. The molecule has 0 aromatic heterocycles. The van der Waals surface area contributed by atoms with Crippen LogP contribution in [0.15, 0.2) is 21.5 Å². The maximum atomic E-state index is 11.9. The fraction of sp³-hybridized carbons (Fsp3) is 0.417. The quantitative estimate of drug-likeness (QED) is 0.397. The number of carbonyl (C=O) groups excluding carboxylic acids is 1. The van der Waals surface area contributed by atoms with Crippen molar-refractivity contribution in [2.75, 3.05) is 27.4 Å². The molecule has 0 fully saturated rings. The Morgan fingerprint density at radius 1 is 1.29 bits per heavy atom. The van der Waals surface area contributed by atoms with E-state index in [0.29, 0.717) is 13.0 Å². The molecule has 0 saturated heterocycles. The number of benzene rings is 1. The fourth-order valence-corrected chi connectivity index (χ4v) is 3.30. The zero-order chi connectivity index (χ0) is 16.0. The lowest BCUT2D eigenvalue weighted by Crippen LogP contribution is -2.09. The van der Waals surface area contributed by atoms with Crippen LogP contribution in [-0.2, 0) is 18.5 Å². The summed E-state index contributed by atoms with van der Waals surface area (Å²) in [4.78, 5) is 11.6. The summed E-state index contributed by atoms with van der Waals surface area (Å²) < 4.78 is 38.2. The highest BCUT2D eigenvalue weighted by molar-refractivity contribution is 9.10. The summed E-state index contributed by atoms with van der Waals surface area (Å²) in [7, 11) is 4.12. The predicted octanol–water partition coefficient (Wildman–Crippen LogP) is 2.58. The molecule has 0 saturated carbocycles. The van der Waals surface area contributed by atoms with Gasteiger partial charge in [0.05, 0.1) is 23.8 Å². The van der Waals surface area contributed by atoms with Crippen molar-refractivity contribution in [3.8, 4) is 5.75 Å². The van der Waals surface area contributed by atoms with Crippen molar-refractivity contribution in [2.24, 2.45) is 0 Å². The molecule has 118 valence electrons. The van der Waals surface area contributed by atoms with Gasteiger partial charge in [-0.2, -0.15) is 0 Å². The topological polar surface area (TPSA) is 78.9 Å². The molecule has 0 aliphatic rings. The van der Waals surface area contributed by atoms with Crippen LogP contribution in [0.2, 0.25) is 0 Å². The molecule has 0 N–H and O–H groups in total. The van der Waals surface area contributed by atoms with Gasteiger partial charge in [-0.05, 0) is 28.1 Å². The van der Waals surface area contributed by atoms with Crippen LogP contribution in [0, 0.1) is 0 Å². The van der Waals surface area contributed by atoms with Gasteiger partial charge < -0.3 is 14.2 Å². The first kappa shape index (κ1) is 18.2. The minimum Gasteiger partial charge on any atom is -0.494 e. The lowest BCUT2D eigenvalue weighted by Gasteiger charge is -2.11. The van der Waals surface area contributed by atoms with Crippen molar-refractivity contribution in [1.29, 1.82) is 0 Å². The number of hydrogen-bond acceptors (Lipinski definition) is 6. The Bertz CT molecular complexity index is 616. The molecule has 0 atom stereocenters. The fourth-order valence-electron chi connectivity index (χ4n) is 1.52. The molecule has 9 heteroatoms. The summed E-state index contributed by atoms with van der Waals surface area (Å²) in [6.07, 6.45) is 0.542. The molecule has 21 heavy (non-hydrogen) atoms. The van der Waals surface area contributed by atoms with Crippen LogP contribution in [0.25, 0.3) is 0 Å². The van der Waals surface area contributed by atoms with E-state index in [1.165, 1.54) is 13.2 Å². The summed E-state index contributed by atoms with van der Waals surface area (Å²) in [6.45, 7) is 0.625. The van der Waals surface area contributed by atoms with E-state index in [2.05, 4.69) is 15.9 Å². The smallest absolute Gasteiger partial charge is 0.338 e. The van der Waals surface area contributed by atoms with Gasteiger partial charge in [-0.1, -0.05) is 0 Å². The second kappa shape index (κ2) is 7.98. The molecule has 0 unspecified atom stereocenters. The first-order valence-corrected chi connectivity index (χ1v) is 8.89. The minimum atomic E-state index is -4.06. The van der Waals surface area contributed by atoms with Gasteiger partial charge in [0.2, 0.25) is 0 Å². The zero-order valence-electron chi connectivity index (χ0n) is 11.4. The van der Waals surface area contributed by atoms with Crippen LogP contribution in [-0.4, -0.2) is 41.8 Å². The van der Waals surface area contributed by atoms with E-state index >= 15 is 0 Å². The highest BCUT2D eigenvalue weighted by Gasteiger charge is 2.23.